The second kappa shape index (κ2) is 6.93. The van der Waals surface area contributed by atoms with Crippen LogP contribution >= 0.6 is 0 Å². The number of nitrogens with zero attached hydrogens (tertiary/aromatic N) is 2. The van der Waals surface area contributed by atoms with Crippen molar-refractivity contribution in [1.82, 2.24) is 9.78 Å². The van der Waals surface area contributed by atoms with Crippen LogP contribution in [0.4, 0.5) is 0 Å². The third-order valence-corrected chi connectivity index (χ3v) is 6.24. The zero-order valence-corrected chi connectivity index (χ0v) is 16.5. The van der Waals surface area contributed by atoms with Crippen LogP contribution in [0.3, 0.4) is 0 Å². The predicted octanol–water partition coefficient (Wildman–Crippen LogP) is 2.56. The molecule has 1 atom stereocenters. The highest BCUT2D eigenvalue weighted by Gasteiger charge is 2.53. The number of rotatable bonds is 4. The first-order valence-electron chi connectivity index (χ1n) is 10.0. The second-order valence-electron chi connectivity index (χ2n) is 8.68. The maximum Gasteiger partial charge on any atom is 0.498 e. The molecule has 7 heteroatoms. The highest BCUT2D eigenvalue weighted by Crippen LogP contribution is 2.37. The summed E-state index contributed by atoms with van der Waals surface area (Å²) in [5.41, 5.74) is 2.56. The molecule has 6 nitrogen and oxygen atoms in total. The van der Waals surface area contributed by atoms with Gasteiger partial charge in [-0.25, -0.2) is 0 Å². The first-order chi connectivity index (χ1) is 12.4. The van der Waals surface area contributed by atoms with E-state index in [2.05, 4.69) is 32.4 Å². The molecule has 144 valence electrons. The molecular formula is C19H31BN2O4. The SMILES string of the molecule is CC1(C)OB(c2c(COC3CCCCO3)nn3c2CCCC3)OC1(C)C. The van der Waals surface area contributed by atoms with Gasteiger partial charge in [-0.05, 0) is 66.2 Å². The standard InChI is InChI=1S/C19H31BN2O4/c1-18(2)19(3,4)26-20(25-18)17-14(13-24-16-10-6-8-12-23-16)21-22-11-7-5-9-15(17)22/h16H,5-13H2,1-4H3. The van der Waals surface area contributed by atoms with Crippen LogP contribution in [0, 0.1) is 0 Å². The molecule has 1 aromatic rings. The lowest BCUT2D eigenvalue weighted by atomic mass is 9.75. The van der Waals surface area contributed by atoms with Gasteiger partial charge in [0.1, 0.15) is 0 Å². The van der Waals surface area contributed by atoms with Crippen molar-refractivity contribution in [3.05, 3.63) is 11.4 Å². The van der Waals surface area contributed by atoms with E-state index in [1.807, 2.05) is 0 Å². The fraction of sp³-hybridized carbons (Fsp3) is 0.842. The summed E-state index contributed by atoms with van der Waals surface area (Å²) >= 11 is 0. The summed E-state index contributed by atoms with van der Waals surface area (Å²) in [6, 6.07) is 0. The van der Waals surface area contributed by atoms with Gasteiger partial charge in [0.2, 0.25) is 0 Å². The Morgan fingerprint density at radius 2 is 1.88 bits per heavy atom. The molecule has 0 spiro atoms. The van der Waals surface area contributed by atoms with Gasteiger partial charge in [-0.1, -0.05) is 0 Å². The first kappa shape index (κ1) is 18.5. The van der Waals surface area contributed by atoms with E-state index in [9.17, 15) is 0 Å². The summed E-state index contributed by atoms with van der Waals surface area (Å²) in [6.07, 6.45) is 6.50. The Morgan fingerprint density at radius 3 is 2.58 bits per heavy atom. The van der Waals surface area contributed by atoms with Crippen molar-refractivity contribution in [3.63, 3.8) is 0 Å². The molecule has 1 unspecified atom stereocenters. The fourth-order valence-electron chi connectivity index (χ4n) is 3.92. The number of ether oxygens (including phenoxy) is 2. The summed E-state index contributed by atoms with van der Waals surface area (Å²) < 4.78 is 26.6. The van der Waals surface area contributed by atoms with Crippen molar-refractivity contribution in [3.8, 4) is 0 Å². The van der Waals surface area contributed by atoms with E-state index < -0.39 is 0 Å². The summed E-state index contributed by atoms with van der Waals surface area (Å²) in [6.45, 7) is 10.6. The molecule has 1 aromatic heterocycles. The number of aryl methyl sites for hydroxylation is 1. The molecule has 4 heterocycles. The number of hydrogen-bond donors (Lipinski definition) is 0. The van der Waals surface area contributed by atoms with Crippen LogP contribution in [0.15, 0.2) is 0 Å². The molecule has 0 N–H and O–H groups in total. The Labute approximate surface area is 156 Å². The lowest BCUT2D eigenvalue weighted by molar-refractivity contribution is -0.169. The Bertz CT molecular complexity index is 636. The molecule has 0 aliphatic carbocycles. The van der Waals surface area contributed by atoms with Gasteiger partial charge in [0.25, 0.3) is 0 Å². The molecular weight excluding hydrogens is 331 g/mol. The van der Waals surface area contributed by atoms with Gasteiger partial charge in [-0.15, -0.1) is 0 Å². The number of hydrogen-bond acceptors (Lipinski definition) is 5. The Balaban J connectivity index is 1.59. The van der Waals surface area contributed by atoms with E-state index in [-0.39, 0.29) is 24.6 Å². The minimum Gasteiger partial charge on any atom is -0.399 e. The lowest BCUT2D eigenvalue weighted by Gasteiger charge is -2.32. The molecule has 2 fully saturated rings. The molecule has 0 aromatic carbocycles. The molecule has 4 rings (SSSR count). The molecule has 0 amide bonds. The Morgan fingerprint density at radius 1 is 1.12 bits per heavy atom. The summed E-state index contributed by atoms with van der Waals surface area (Å²) in [7, 11) is -0.382. The molecule has 2 saturated heterocycles. The van der Waals surface area contributed by atoms with Gasteiger partial charge in [0.05, 0.1) is 23.5 Å². The molecule has 0 saturated carbocycles. The van der Waals surface area contributed by atoms with E-state index in [0.717, 1.165) is 50.0 Å². The highest BCUT2D eigenvalue weighted by molar-refractivity contribution is 6.63. The van der Waals surface area contributed by atoms with Crippen LogP contribution in [-0.4, -0.2) is 41.0 Å². The first-order valence-corrected chi connectivity index (χ1v) is 10.0. The van der Waals surface area contributed by atoms with Gasteiger partial charge in [0.15, 0.2) is 6.29 Å². The summed E-state index contributed by atoms with van der Waals surface area (Å²) in [5.74, 6) is 0. The molecule has 0 radical (unpaired) electrons. The summed E-state index contributed by atoms with van der Waals surface area (Å²) in [5, 5.41) is 4.85. The van der Waals surface area contributed by atoms with Gasteiger partial charge in [-0.2, -0.15) is 5.10 Å². The van der Waals surface area contributed by atoms with E-state index in [0.29, 0.717) is 6.61 Å². The van der Waals surface area contributed by atoms with Crippen molar-refractivity contribution in [2.75, 3.05) is 6.61 Å². The van der Waals surface area contributed by atoms with Crippen molar-refractivity contribution in [1.29, 1.82) is 0 Å². The van der Waals surface area contributed by atoms with E-state index in [4.69, 9.17) is 23.9 Å². The number of aromatic nitrogens is 2. The van der Waals surface area contributed by atoms with Gasteiger partial charge >= 0.3 is 7.12 Å². The van der Waals surface area contributed by atoms with Crippen LogP contribution < -0.4 is 5.46 Å². The molecule has 26 heavy (non-hydrogen) atoms. The van der Waals surface area contributed by atoms with Gasteiger partial charge in [0, 0.05) is 24.3 Å². The average molecular weight is 362 g/mol. The minimum atomic E-state index is -0.382. The average Bonchev–Trinajstić information content (AvgIpc) is 3.07. The smallest absolute Gasteiger partial charge is 0.399 e. The van der Waals surface area contributed by atoms with Gasteiger partial charge < -0.3 is 18.8 Å². The van der Waals surface area contributed by atoms with Crippen molar-refractivity contribution in [2.24, 2.45) is 0 Å². The maximum absolute atomic E-state index is 6.34. The lowest BCUT2D eigenvalue weighted by Crippen LogP contribution is -2.41. The quantitative estimate of drug-likeness (QED) is 0.771. The second-order valence-corrected chi connectivity index (χ2v) is 8.68. The van der Waals surface area contributed by atoms with E-state index in [1.165, 1.54) is 18.5 Å². The van der Waals surface area contributed by atoms with Gasteiger partial charge in [-0.3, -0.25) is 4.68 Å². The highest BCUT2D eigenvalue weighted by atomic mass is 16.7. The van der Waals surface area contributed by atoms with Crippen LogP contribution in [0.2, 0.25) is 0 Å². The third-order valence-electron chi connectivity index (χ3n) is 6.24. The van der Waals surface area contributed by atoms with Crippen molar-refractivity contribution < 1.29 is 18.8 Å². The topological polar surface area (TPSA) is 54.7 Å². The largest absolute Gasteiger partial charge is 0.498 e. The normalized spacial score (nSPS) is 27.5. The monoisotopic (exact) mass is 362 g/mol. The summed E-state index contributed by atoms with van der Waals surface area (Å²) in [4.78, 5) is 0. The third kappa shape index (κ3) is 3.35. The Hall–Kier alpha value is -0.885. The van der Waals surface area contributed by atoms with Crippen LogP contribution in [0.5, 0.6) is 0 Å². The van der Waals surface area contributed by atoms with Crippen LogP contribution in [0.1, 0.15) is 71.2 Å². The molecule has 3 aliphatic heterocycles. The van der Waals surface area contributed by atoms with E-state index in [1.54, 1.807) is 0 Å². The fourth-order valence-corrected chi connectivity index (χ4v) is 3.92. The zero-order chi connectivity index (χ0) is 18.4. The molecule has 0 bridgehead atoms. The van der Waals surface area contributed by atoms with E-state index >= 15 is 0 Å². The van der Waals surface area contributed by atoms with Crippen LogP contribution in [-0.2, 0) is 38.4 Å². The molecule has 3 aliphatic rings. The predicted molar refractivity (Wildman–Crippen MR) is 99.3 cm³/mol. The maximum atomic E-state index is 6.34. The zero-order valence-electron chi connectivity index (χ0n) is 16.5. The van der Waals surface area contributed by atoms with Crippen molar-refractivity contribution >= 4 is 12.6 Å². The minimum absolute atomic E-state index is 0.117. The number of fused-ring (bicyclic) bond motifs is 1. The van der Waals surface area contributed by atoms with Crippen LogP contribution in [0.25, 0.3) is 0 Å². The Kier molecular flexibility index (Phi) is 4.93. The van der Waals surface area contributed by atoms with Crippen molar-refractivity contribution in [2.45, 2.75) is 96.9 Å².